The van der Waals surface area contributed by atoms with Crippen LogP contribution in [0.25, 0.3) is 0 Å². The fourth-order valence-electron chi connectivity index (χ4n) is 3.04. The molecule has 0 radical (unpaired) electrons. The average Bonchev–Trinajstić information content (AvgIpc) is 2.89. The molecule has 0 spiro atoms. The number of carbonyl (C=O) groups is 3. The number of hydrogen-bond donors (Lipinski definition) is 2. The van der Waals surface area contributed by atoms with Crippen LogP contribution in [0.15, 0.2) is 12.2 Å². The summed E-state index contributed by atoms with van der Waals surface area (Å²) in [7, 11) is 2.08. The topological polar surface area (TPSA) is 140 Å². The molecule has 0 aromatic rings. The van der Waals surface area contributed by atoms with Crippen molar-refractivity contribution in [3.05, 3.63) is 12.2 Å². The number of ether oxygens (including phenoxy) is 4. The zero-order chi connectivity index (χ0) is 27.8. The Morgan fingerprint density at radius 3 is 1.68 bits per heavy atom. The second-order valence-corrected chi connectivity index (χ2v) is 11.3. The highest BCUT2D eigenvalue weighted by Gasteiger charge is 2.36. The number of nitrogens with one attached hydrogen (secondary N) is 2. The summed E-state index contributed by atoms with van der Waals surface area (Å²) >= 11 is 0. The van der Waals surface area contributed by atoms with Gasteiger partial charge in [-0.1, -0.05) is 32.3 Å². The van der Waals surface area contributed by atoms with Gasteiger partial charge in [0.2, 0.25) is 0 Å². The third-order valence-corrected chi connectivity index (χ3v) is 8.02. The van der Waals surface area contributed by atoms with Gasteiger partial charge < -0.3 is 42.9 Å². The van der Waals surface area contributed by atoms with E-state index in [0.29, 0.717) is 50.9 Å². The number of alkyl carbamates (subject to hydrolysis) is 2. The summed E-state index contributed by atoms with van der Waals surface area (Å²) < 4.78 is 36.4. The Balaban J connectivity index is 3.44. The van der Waals surface area contributed by atoms with Crippen molar-refractivity contribution in [3.8, 4) is 0 Å². The smallest absolute Gasteiger partial charge is 0.460 e. The molecule has 0 aliphatic rings. The van der Waals surface area contributed by atoms with E-state index in [4.69, 9.17) is 32.2 Å². The monoisotopic (exact) mass is 550 g/mol. The van der Waals surface area contributed by atoms with Crippen LogP contribution in [0.1, 0.15) is 51.9 Å². The van der Waals surface area contributed by atoms with E-state index < -0.39 is 27.0 Å². The van der Waals surface area contributed by atoms with Gasteiger partial charge in [0.15, 0.2) is 0 Å². The summed E-state index contributed by atoms with van der Waals surface area (Å²) in [4.78, 5) is 34.5. The second-order valence-electron chi connectivity index (χ2n) is 8.17. The van der Waals surface area contributed by atoms with Crippen LogP contribution in [0, 0.1) is 0 Å². The van der Waals surface area contributed by atoms with E-state index in [0.717, 1.165) is 38.5 Å². The molecule has 216 valence electrons. The molecule has 37 heavy (non-hydrogen) atoms. The molecule has 0 saturated heterocycles. The van der Waals surface area contributed by atoms with Gasteiger partial charge in [-0.25, -0.2) is 14.4 Å². The van der Waals surface area contributed by atoms with Crippen molar-refractivity contribution in [1.82, 2.24) is 10.6 Å². The highest BCUT2D eigenvalue weighted by Crippen LogP contribution is 2.14. The molecule has 0 aliphatic carbocycles. The van der Waals surface area contributed by atoms with Crippen LogP contribution in [0.4, 0.5) is 9.59 Å². The van der Waals surface area contributed by atoms with Gasteiger partial charge in [0.25, 0.3) is 0 Å². The fourth-order valence-corrected chi connectivity index (χ4v) is 4.76. The molecule has 0 aliphatic heterocycles. The highest BCUT2D eigenvalue weighted by molar-refractivity contribution is 6.60. The van der Waals surface area contributed by atoms with Crippen LogP contribution in [-0.2, 0) is 37.0 Å². The van der Waals surface area contributed by atoms with Gasteiger partial charge in [-0.05, 0) is 26.2 Å². The van der Waals surface area contributed by atoms with E-state index in [1.54, 1.807) is 28.3 Å². The van der Waals surface area contributed by atoms with Crippen LogP contribution in [0.2, 0.25) is 6.04 Å². The van der Waals surface area contributed by atoms with E-state index in [2.05, 4.69) is 17.2 Å². The average molecular weight is 551 g/mol. The number of hydrogen-bond acceptors (Lipinski definition) is 10. The number of esters is 1. The molecule has 0 aromatic heterocycles. The Morgan fingerprint density at radius 1 is 0.649 bits per heavy atom. The van der Waals surface area contributed by atoms with Crippen molar-refractivity contribution in [3.63, 3.8) is 0 Å². The van der Waals surface area contributed by atoms with Crippen LogP contribution >= 0.6 is 0 Å². The first-order chi connectivity index (χ1) is 17.8. The molecule has 2 amide bonds. The Bertz CT molecular complexity index is 639. The number of carbonyl (C=O) groups excluding carboxylic acids is 3. The van der Waals surface area contributed by atoms with Crippen molar-refractivity contribution in [2.24, 2.45) is 0 Å². The Hall–Kier alpha value is -2.19. The van der Waals surface area contributed by atoms with Crippen LogP contribution < -0.4 is 10.6 Å². The predicted octanol–water partition coefficient (Wildman–Crippen LogP) is 3.18. The van der Waals surface area contributed by atoms with Crippen molar-refractivity contribution in [2.75, 3.05) is 67.5 Å². The maximum absolute atomic E-state index is 11.7. The van der Waals surface area contributed by atoms with Crippen LogP contribution in [0.5, 0.6) is 0 Å². The second kappa shape index (κ2) is 23.0. The zero-order valence-corrected chi connectivity index (χ0v) is 23.9. The number of rotatable bonds is 23. The Labute approximate surface area is 222 Å². The molecule has 2 N–H and O–H groups in total. The van der Waals surface area contributed by atoms with Gasteiger partial charge in [0.1, 0.15) is 6.61 Å². The summed E-state index contributed by atoms with van der Waals surface area (Å²) in [5.74, 6) is -0.450. The lowest BCUT2D eigenvalue weighted by atomic mass is 10.1. The standard InChI is InChI=1S/C24H46N2O10Si/c1-21(2)22(27)34-19-18-33-17-14-26-24(29)36-16-11-9-7-6-8-10-15-35-23(28)25-13-12-20-37(30-3,31-4)32-5/h1,6-20H2,2-5H3,(H,25,28)(H,26,29). The van der Waals surface area contributed by atoms with E-state index in [1.165, 1.54) is 0 Å². The highest BCUT2D eigenvalue weighted by atomic mass is 28.4. The van der Waals surface area contributed by atoms with Crippen molar-refractivity contribution in [1.29, 1.82) is 0 Å². The Morgan fingerprint density at radius 2 is 1.16 bits per heavy atom. The maximum atomic E-state index is 11.7. The first kappa shape index (κ1) is 34.8. The lowest BCUT2D eigenvalue weighted by Gasteiger charge is -2.24. The summed E-state index contributed by atoms with van der Waals surface area (Å²) in [5, 5.41) is 5.31. The van der Waals surface area contributed by atoms with Gasteiger partial charge in [0.05, 0.1) is 26.4 Å². The first-order valence-corrected chi connectivity index (χ1v) is 14.6. The number of unbranched alkanes of at least 4 members (excludes halogenated alkanes) is 5. The molecular weight excluding hydrogens is 504 g/mol. The van der Waals surface area contributed by atoms with E-state index in [1.807, 2.05) is 0 Å². The largest absolute Gasteiger partial charge is 0.500 e. The quantitative estimate of drug-likeness (QED) is 0.0641. The molecule has 0 unspecified atom stereocenters. The third-order valence-electron chi connectivity index (χ3n) is 5.19. The molecule has 0 fully saturated rings. The molecule has 0 rings (SSSR count). The molecular formula is C24H46N2O10Si. The SMILES string of the molecule is C=C(C)C(=O)OCCOCCNC(=O)OCCCCCCCCOC(=O)NCCC[Si](OC)(OC)OC. The van der Waals surface area contributed by atoms with E-state index >= 15 is 0 Å². The van der Waals surface area contributed by atoms with E-state index in [-0.39, 0.29) is 13.2 Å². The van der Waals surface area contributed by atoms with Crippen LogP contribution in [0.3, 0.4) is 0 Å². The third kappa shape index (κ3) is 19.6. The van der Waals surface area contributed by atoms with Crippen LogP contribution in [-0.4, -0.2) is 94.4 Å². The summed E-state index contributed by atoms with van der Waals surface area (Å²) in [6.07, 6.45) is 5.32. The van der Waals surface area contributed by atoms with Gasteiger partial charge >= 0.3 is 27.0 Å². The summed E-state index contributed by atoms with van der Waals surface area (Å²) in [6, 6.07) is 0.610. The zero-order valence-electron chi connectivity index (χ0n) is 22.9. The normalized spacial score (nSPS) is 11.0. The minimum absolute atomic E-state index is 0.140. The minimum atomic E-state index is -2.60. The molecule has 0 bridgehead atoms. The lowest BCUT2D eigenvalue weighted by Crippen LogP contribution is -2.43. The molecule has 0 aromatic carbocycles. The molecule has 13 heteroatoms. The van der Waals surface area contributed by atoms with Crippen molar-refractivity contribution in [2.45, 2.75) is 57.9 Å². The molecule has 0 saturated carbocycles. The van der Waals surface area contributed by atoms with Gasteiger partial charge in [0, 0.05) is 46.0 Å². The van der Waals surface area contributed by atoms with Gasteiger partial charge in [-0.2, -0.15) is 0 Å². The summed E-state index contributed by atoms with van der Waals surface area (Å²) in [5.41, 5.74) is 0.338. The Kier molecular flexibility index (Phi) is 21.6. The number of amides is 2. The fraction of sp³-hybridized carbons (Fsp3) is 0.792. The minimum Gasteiger partial charge on any atom is -0.460 e. The predicted molar refractivity (Wildman–Crippen MR) is 139 cm³/mol. The summed E-state index contributed by atoms with van der Waals surface area (Å²) in [6.45, 7) is 7.25. The van der Waals surface area contributed by atoms with Crippen molar-refractivity contribution < 1.29 is 46.6 Å². The van der Waals surface area contributed by atoms with E-state index in [9.17, 15) is 14.4 Å². The first-order valence-electron chi connectivity index (χ1n) is 12.7. The van der Waals surface area contributed by atoms with Gasteiger partial charge in [-0.3, -0.25) is 0 Å². The maximum Gasteiger partial charge on any atom is 0.500 e. The molecule has 0 heterocycles. The van der Waals surface area contributed by atoms with Gasteiger partial charge in [-0.15, -0.1) is 0 Å². The molecule has 0 atom stereocenters. The molecule has 12 nitrogen and oxygen atoms in total. The van der Waals surface area contributed by atoms with Crippen molar-refractivity contribution >= 4 is 27.0 Å². The lowest BCUT2D eigenvalue weighted by molar-refractivity contribution is -0.140.